The van der Waals surface area contributed by atoms with Gasteiger partial charge in [0.1, 0.15) is 6.20 Å². The summed E-state index contributed by atoms with van der Waals surface area (Å²) in [6.07, 6.45) is 1.42. The highest BCUT2D eigenvalue weighted by atomic mass is 16.6. The van der Waals surface area contributed by atoms with Crippen molar-refractivity contribution in [2.45, 2.75) is 0 Å². The molecule has 0 radical (unpaired) electrons. The first-order chi connectivity index (χ1) is 6.65. The number of hydrogen-bond acceptors (Lipinski definition) is 5. The van der Waals surface area contributed by atoms with Crippen LogP contribution in [0.5, 0.6) is 0 Å². The van der Waals surface area contributed by atoms with E-state index in [1.165, 1.54) is 12.3 Å². The van der Waals surface area contributed by atoms with E-state index in [-0.39, 0.29) is 5.82 Å². The molecule has 0 bridgehead atoms. The second-order valence-corrected chi connectivity index (χ2v) is 2.84. The Bertz CT molecular complexity index is 329. The predicted molar refractivity (Wildman–Crippen MR) is 53.2 cm³/mol. The maximum Gasteiger partial charge on any atom is 0.365 e. The first-order valence-electron chi connectivity index (χ1n) is 4.17. The number of likely N-dealkylation sites (N-methyl/N-ethyl adjacent to an activating group) is 1. The molecular weight excluding hydrogens is 184 g/mol. The lowest BCUT2D eigenvalue weighted by atomic mass is 10.3. The smallest absolute Gasteiger partial charge is 0.365 e. The zero-order valence-electron chi connectivity index (χ0n) is 7.88. The molecule has 14 heavy (non-hydrogen) atoms. The van der Waals surface area contributed by atoms with Crippen molar-refractivity contribution in [3.63, 3.8) is 0 Å². The van der Waals surface area contributed by atoms with Crippen LogP contribution in [0.15, 0.2) is 18.3 Å². The van der Waals surface area contributed by atoms with E-state index in [9.17, 15) is 10.1 Å². The van der Waals surface area contributed by atoms with Crippen LogP contribution in [-0.4, -0.2) is 30.0 Å². The first-order valence-corrected chi connectivity index (χ1v) is 4.17. The maximum absolute atomic E-state index is 10.4. The average Bonchev–Trinajstić information content (AvgIpc) is 2.18. The summed E-state index contributed by atoms with van der Waals surface area (Å²) in [5, 5.41) is 10.4. The summed E-state index contributed by atoms with van der Waals surface area (Å²) < 4.78 is 0. The molecule has 6 nitrogen and oxygen atoms in total. The largest absolute Gasteiger partial charge is 0.373 e. The van der Waals surface area contributed by atoms with E-state index in [1.54, 1.807) is 6.07 Å². The van der Waals surface area contributed by atoms with Crippen LogP contribution >= 0.6 is 0 Å². The number of rotatable bonds is 4. The Labute approximate surface area is 81.5 Å². The fraction of sp³-hybridized carbons (Fsp3) is 0.375. The summed E-state index contributed by atoms with van der Waals surface area (Å²) in [6.45, 7) is 1.16. The minimum Gasteiger partial charge on any atom is -0.373 e. The fourth-order valence-electron chi connectivity index (χ4n) is 1.07. The van der Waals surface area contributed by atoms with Gasteiger partial charge in [-0.15, -0.1) is 0 Å². The lowest BCUT2D eigenvalue weighted by Crippen LogP contribution is -2.24. The molecule has 0 aliphatic rings. The molecule has 1 aromatic heterocycles. The van der Waals surface area contributed by atoms with E-state index in [0.29, 0.717) is 13.1 Å². The highest BCUT2D eigenvalue weighted by Gasteiger charge is 2.09. The summed E-state index contributed by atoms with van der Waals surface area (Å²) in [7, 11) is 1.83. The topological polar surface area (TPSA) is 85.3 Å². The van der Waals surface area contributed by atoms with E-state index in [2.05, 4.69) is 4.98 Å². The highest BCUT2D eigenvalue weighted by Crippen LogP contribution is 2.16. The van der Waals surface area contributed by atoms with Gasteiger partial charge in [-0.3, -0.25) is 0 Å². The van der Waals surface area contributed by atoms with Crippen LogP contribution in [0.3, 0.4) is 0 Å². The summed E-state index contributed by atoms with van der Waals surface area (Å²) in [4.78, 5) is 15.4. The molecule has 1 aromatic rings. The number of pyridine rings is 1. The normalized spacial score (nSPS) is 9.86. The van der Waals surface area contributed by atoms with Crippen molar-refractivity contribution in [3.05, 3.63) is 28.4 Å². The zero-order valence-corrected chi connectivity index (χ0v) is 7.88. The molecule has 0 saturated heterocycles. The number of nitrogens with two attached hydrogens (primary N) is 1. The fourth-order valence-corrected chi connectivity index (χ4v) is 1.07. The van der Waals surface area contributed by atoms with Crippen LogP contribution in [-0.2, 0) is 0 Å². The van der Waals surface area contributed by atoms with Gasteiger partial charge in [-0.2, -0.15) is 0 Å². The van der Waals surface area contributed by atoms with Gasteiger partial charge in [0.2, 0.25) is 0 Å². The van der Waals surface area contributed by atoms with Gasteiger partial charge in [0, 0.05) is 31.9 Å². The van der Waals surface area contributed by atoms with Crippen LogP contribution in [0.4, 0.5) is 11.5 Å². The Morgan fingerprint density at radius 1 is 1.71 bits per heavy atom. The maximum atomic E-state index is 10.4. The van der Waals surface area contributed by atoms with E-state index in [4.69, 9.17) is 5.73 Å². The van der Waals surface area contributed by atoms with Gasteiger partial charge < -0.3 is 20.7 Å². The zero-order chi connectivity index (χ0) is 10.6. The van der Waals surface area contributed by atoms with Gasteiger partial charge in [0.15, 0.2) is 0 Å². The monoisotopic (exact) mass is 196 g/mol. The quantitative estimate of drug-likeness (QED) is 0.556. The number of nitrogens with zero attached hydrogens (tertiary/aromatic N) is 3. The second kappa shape index (κ2) is 4.52. The standard InChI is InChI=1S/C8H12N4O2/c1-11(5-3-9)7-2-4-10-8(6-7)12(13)14/h2,4,6H,3,5,9H2,1H3. The molecule has 0 amide bonds. The highest BCUT2D eigenvalue weighted by molar-refractivity contribution is 5.49. The Balaban J connectivity index is 2.87. The molecule has 0 aliphatic carbocycles. The molecule has 0 spiro atoms. The first kappa shape index (κ1) is 10.4. The number of nitro groups is 1. The summed E-state index contributed by atoms with van der Waals surface area (Å²) in [6, 6.07) is 3.14. The summed E-state index contributed by atoms with van der Waals surface area (Å²) >= 11 is 0. The Morgan fingerprint density at radius 3 is 3.00 bits per heavy atom. The third-order valence-corrected chi connectivity index (χ3v) is 1.82. The summed E-state index contributed by atoms with van der Waals surface area (Å²) in [5.41, 5.74) is 6.12. The van der Waals surface area contributed by atoms with Crippen molar-refractivity contribution in [1.29, 1.82) is 0 Å². The minimum absolute atomic E-state index is 0.147. The molecule has 6 heteroatoms. The molecule has 2 N–H and O–H groups in total. The van der Waals surface area contributed by atoms with Crippen molar-refractivity contribution in [2.75, 3.05) is 25.0 Å². The van der Waals surface area contributed by atoms with Crippen molar-refractivity contribution in [1.82, 2.24) is 4.98 Å². The van der Waals surface area contributed by atoms with Crippen molar-refractivity contribution >= 4 is 11.5 Å². The van der Waals surface area contributed by atoms with Gasteiger partial charge in [0.25, 0.3) is 0 Å². The lowest BCUT2D eigenvalue weighted by Gasteiger charge is -2.16. The van der Waals surface area contributed by atoms with E-state index >= 15 is 0 Å². The molecule has 0 saturated carbocycles. The van der Waals surface area contributed by atoms with Crippen molar-refractivity contribution < 1.29 is 4.92 Å². The van der Waals surface area contributed by atoms with Crippen LogP contribution in [0, 0.1) is 10.1 Å². The summed E-state index contributed by atoms with van der Waals surface area (Å²) in [5.74, 6) is -0.147. The molecule has 1 rings (SSSR count). The van der Waals surface area contributed by atoms with Crippen LogP contribution in [0.25, 0.3) is 0 Å². The molecule has 0 aliphatic heterocycles. The van der Waals surface area contributed by atoms with Crippen LogP contribution in [0.1, 0.15) is 0 Å². The molecule has 0 fully saturated rings. The van der Waals surface area contributed by atoms with Crippen LogP contribution in [0.2, 0.25) is 0 Å². The molecule has 0 atom stereocenters. The number of hydrogen-bond donors (Lipinski definition) is 1. The molecule has 76 valence electrons. The average molecular weight is 196 g/mol. The Kier molecular flexibility index (Phi) is 3.35. The van der Waals surface area contributed by atoms with Gasteiger partial charge in [-0.1, -0.05) is 0 Å². The van der Waals surface area contributed by atoms with E-state index in [0.717, 1.165) is 5.69 Å². The predicted octanol–water partition coefficient (Wildman–Crippen LogP) is 0.385. The lowest BCUT2D eigenvalue weighted by molar-refractivity contribution is -0.389. The van der Waals surface area contributed by atoms with Gasteiger partial charge in [-0.05, 0) is 9.91 Å². The SMILES string of the molecule is CN(CCN)c1ccnc([N+](=O)[O-])c1. The molecule has 1 heterocycles. The molecular formula is C8H12N4O2. The van der Waals surface area contributed by atoms with Gasteiger partial charge in [-0.25, -0.2) is 0 Å². The molecule has 0 unspecified atom stereocenters. The van der Waals surface area contributed by atoms with Crippen LogP contribution < -0.4 is 10.6 Å². The van der Waals surface area contributed by atoms with Gasteiger partial charge >= 0.3 is 5.82 Å². The molecule has 0 aromatic carbocycles. The third-order valence-electron chi connectivity index (χ3n) is 1.82. The van der Waals surface area contributed by atoms with E-state index < -0.39 is 4.92 Å². The van der Waals surface area contributed by atoms with Gasteiger partial charge in [0.05, 0.1) is 6.07 Å². The minimum atomic E-state index is -0.514. The van der Waals surface area contributed by atoms with E-state index in [1.807, 2.05) is 11.9 Å². The number of aromatic nitrogens is 1. The Hall–Kier alpha value is -1.69. The number of anilines is 1. The van der Waals surface area contributed by atoms with Crippen molar-refractivity contribution in [3.8, 4) is 0 Å². The third kappa shape index (κ3) is 2.40. The Morgan fingerprint density at radius 2 is 2.43 bits per heavy atom. The van der Waals surface area contributed by atoms with Crippen molar-refractivity contribution in [2.24, 2.45) is 5.73 Å². The second-order valence-electron chi connectivity index (χ2n) is 2.84.